The standard InChI is InChI=1S/C16H19ClN4O2/c1-10(2)14(16(23)18-13-8-9-21(3)20-13)19-15(22)11-4-6-12(17)7-5-11/h4-10,14H,1-3H3,(H,19,22)(H,18,20,23). The molecule has 0 radical (unpaired) electrons. The minimum absolute atomic E-state index is 0.0741. The van der Waals surface area contributed by atoms with Crippen molar-refractivity contribution in [2.45, 2.75) is 19.9 Å². The van der Waals surface area contributed by atoms with Crippen LogP contribution < -0.4 is 10.6 Å². The Balaban J connectivity index is 2.07. The molecule has 0 fully saturated rings. The van der Waals surface area contributed by atoms with Crippen LogP contribution in [0.5, 0.6) is 0 Å². The Morgan fingerprint density at radius 1 is 1.17 bits per heavy atom. The smallest absolute Gasteiger partial charge is 0.251 e. The van der Waals surface area contributed by atoms with Gasteiger partial charge in [-0.25, -0.2) is 0 Å². The molecular weight excluding hydrogens is 316 g/mol. The average Bonchev–Trinajstić information content (AvgIpc) is 2.89. The van der Waals surface area contributed by atoms with E-state index in [9.17, 15) is 9.59 Å². The number of amides is 2. The molecular formula is C16H19ClN4O2. The first-order valence-electron chi connectivity index (χ1n) is 7.24. The number of hydrogen-bond donors (Lipinski definition) is 2. The van der Waals surface area contributed by atoms with Crippen LogP contribution in [0.4, 0.5) is 5.82 Å². The first kappa shape index (κ1) is 17.0. The van der Waals surface area contributed by atoms with Crippen LogP contribution in [0.3, 0.4) is 0 Å². The molecule has 2 N–H and O–H groups in total. The van der Waals surface area contributed by atoms with E-state index in [4.69, 9.17) is 11.6 Å². The fraction of sp³-hybridized carbons (Fsp3) is 0.312. The molecule has 2 amide bonds. The van der Waals surface area contributed by atoms with E-state index in [1.54, 1.807) is 48.3 Å². The summed E-state index contributed by atoms with van der Waals surface area (Å²) in [6.07, 6.45) is 1.73. The van der Waals surface area contributed by atoms with Gasteiger partial charge in [0.05, 0.1) is 0 Å². The Labute approximate surface area is 139 Å². The Kier molecular flexibility index (Phi) is 5.39. The summed E-state index contributed by atoms with van der Waals surface area (Å²) in [5.74, 6) is -0.253. The summed E-state index contributed by atoms with van der Waals surface area (Å²) in [7, 11) is 1.76. The molecule has 1 aromatic heterocycles. The lowest BCUT2D eigenvalue weighted by Crippen LogP contribution is -2.47. The molecule has 1 heterocycles. The van der Waals surface area contributed by atoms with Crippen LogP contribution in [0.25, 0.3) is 0 Å². The van der Waals surface area contributed by atoms with Crippen LogP contribution in [0.1, 0.15) is 24.2 Å². The second kappa shape index (κ2) is 7.28. The van der Waals surface area contributed by atoms with Gasteiger partial charge in [-0.1, -0.05) is 25.4 Å². The number of hydrogen-bond acceptors (Lipinski definition) is 3. The summed E-state index contributed by atoms with van der Waals surface area (Å²) in [4.78, 5) is 24.7. The largest absolute Gasteiger partial charge is 0.340 e. The van der Waals surface area contributed by atoms with Crippen LogP contribution in [0, 0.1) is 5.92 Å². The fourth-order valence-corrected chi connectivity index (χ4v) is 2.17. The van der Waals surface area contributed by atoms with Gasteiger partial charge in [0.2, 0.25) is 5.91 Å². The molecule has 1 aromatic carbocycles. The van der Waals surface area contributed by atoms with Crippen molar-refractivity contribution in [1.82, 2.24) is 15.1 Å². The molecule has 7 heteroatoms. The molecule has 0 aliphatic carbocycles. The van der Waals surface area contributed by atoms with Crippen molar-refractivity contribution in [3.63, 3.8) is 0 Å². The monoisotopic (exact) mass is 334 g/mol. The molecule has 122 valence electrons. The number of benzene rings is 1. The van der Waals surface area contributed by atoms with Gasteiger partial charge in [0.25, 0.3) is 5.91 Å². The molecule has 0 spiro atoms. The number of rotatable bonds is 5. The zero-order chi connectivity index (χ0) is 17.0. The number of aryl methyl sites for hydroxylation is 1. The number of nitrogens with zero attached hydrogens (tertiary/aromatic N) is 2. The average molecular weight is 335 g/mol. The molecule has 0 aliphatic rings. The molecule has 6 nitrogen and oxygen atoms in total. The summed E-state index contributed by atoms with van der Waals surface area (Å²) in [5, 5.41) is 10.1. The zero-order valence-corrected chi connectivity index (χ0v) is 14.0. The van der Waals surface area contributed by atoms with Gasteiger partial charge in [-0.3, -0.25) is 14.3 Å². The first-order valence-corrected chi connectivity index (χ1v) is 7.61. The third kappa shape index (κ3) is 4.56. The highest BCUT2D eigenvalue weighted by molar-refractivity contribution is 6.30. The molecule has 0 aliphatic heterocycles. The van der Waals surface area contributed by atoms with Crippen molar-refractivity contribution < 1.29 is 9.59 Å². The number of aromatic nitrogens is 2. The highest BCUT2D eigenvalue weighted by atomic mass is 35.5. The number of carbonyl (C=O) groups is 2. The van der Waals surface area contributed by atoms with Gasteiger partial charge in [-0.2, -0.15) is 5.10 Å². The van der Waals surface area contributed by atoms with E-state index in [0.717, 1.165) is 0 Å². The molecule has 0 saturated carbocycles. The first-order chi connectivity index (χ1) is 10.9. The SMILES string of the molecule is CC(C)C(NC(=O)c1ccc(Cl)cc1)C(=O)Nc1ccn(C)n1. The second-order valence-corrected chi connectivity index (χ2v) is 6.00. The van der Waals surface area contributed by atoms with Gasteiger partial charge in [0.1, 0.15) is 6.04 Å². The molecule has 1 unspecified atom stereocenters. The molecule has 0 bridgehead atoms. The van der Waals surface area contributed by atoms with E-state index in [1.165, 1.54) is 0 Å². The minimum Gasteiger partial charge on any atom is -0.340 e. The van der Waals surface area contributed by atoms with E-state index in [2.05, 4.69) is 15.7 Å². The predicted octanol–water partition coefficient (Wildman–Crippen LogP) is 2.47. The second-order valence-electron chi connectivity index (χ2n) is 5.57. The number of carbonyl (C=O) groups excluding carboxylic acids is 2. The molecule has 2 aromatic rings. The van der Waals surface area contributed by atoms with Crippen molar-refractivity contribution in [3.05, 3.63) is 47.1 Å². The molecule has 23 heavy (non-hydrogen) atoms. The van der Waals surface area contributed by atoms with Gasteiger partial charge in [-0.15, -0.1) is 0 Å². The maximum atomic E-state index is 12.4. The van der Waals surface area contributed by atoms with Crippen molar-refractivity contribution in [2.24, 2.45) is 13.0 Å². The van der Waals surface area contributed by atoms with E-state index < -0.39 is 6.04 Å². The van der Waals surface area contributed by atoms with Crippen molar-refractivity contribution in [2.75, 3.05) is 5.32 Å². The van der Waals surface area contributed by atoms with Gasteiger partial charge in [-0.05, 0) is 30.2 Å². The van der Waals surface area contributed by atoms with Crippen LogP contribution in [0.15, 0.2) is 36.5 Å². The molecule has 1 atom stereocenters. The summed E-state index contributed by atoms with van der Waals surface area (Å²) in [6.45, 7) is 3.73. The minimum atomic E-state index is -0.666. The van der Waals surface area contributed by atoms with Gasteiger partial charge >= 0.3 is 0 Å². The highest BCUT2D eigenvalue weighted by Gasteiger charge is 2.25. The van der Waals surface area contributed by atoms with Crippen LogP contribution >= 0.6 is 11.6 Å². The Bertz CT molecular complexity index is 694. The quantitative estimate of drug-likeness (QED) is 0.882. The van der Waals surface area contributed by atoms with Crippen molar-refractivity contribution >= 4 is 29.2 Å². The third-order valence-electron chi connectivity index (χ3n) is 3.31. The fourth-order valence-electron chi connectivity index (χ4n) is 2.05. The normalized spacial score (nSPS) is 12.0. The number of anilines is 1. The maximum Gasteiger partial charge on any atom is 0.251 e. The van der Waals surface area contributed by atoms with Crippen molar-refractivity contribution in [3.8, 4) is 0 Å². The van der Waals surface area contributed by atoms with E-state index in [-0.39, 0.29) is 17.7 Å². The topological polar surface area (TPSA) is 76.0 Å². The Morgan fingerprint density at radius 2 is 1.83 bits per heavy atom. The van der Waals surface area contributed by atoms with E-state index in [1.807, 2.05) is 13.8 Å². The van der Waals surface area contributed by atoms with E-state index in [0.29, 0.717) is 16.4 Å². The summed E-state index contributed by atoms with van der Waals surface area (Å²) in [6, 6.07) is 7.53. The zero-order valence-electron chi connectivity index (χ0n) is 13.2. The van der Waals surface area contributed by atoms with Crippen LogP contribution in [-0.2, 0) is 11.8 Å². The lowest BCUT2D eigenvalue weighted by molar-refractivity contribution is -0.118. The lowest BCUT2D eigenvalue weighted by atomic mass is 10.0. The Morgan fingerprint density at radius 3 is 2.35 bits per heavy atom. The van der Waals surface area contributed by atoms with Gasteiger partial charge in [0, 0.05) is 29.9 Å². The summed E-state index contributed by atoms with van der Waals surface area (Å²) < 4.78 is 1.59. The van der Waals surface area contributed by atoms with Crippen LogP contribution in [0.2, 0.25) is 5.02 Å². The van der Waals surface area contributed by atoms with Gasteiger partial charge < -0.3 is 10.6 Å². The summed E-state index contributed by atoms with van der Waals surface area (Å²) >= 11 is 5.81. The third-order valence-corrected chi connectivity index (χ3v) is 3.56. The Hall–Kier alpha value is -2.34. The van der Waals surface area contributed by atoms with Gasteiger partial charge in [0.15, 0.2) is 5.82 Å². The highest BCUT2D eigenvalue weighted by Crippen LogP contribution is 2.11. The van der Waals surface area contributed by atoms with E-state index >= 15 is 0 Å². The molecule has 2 rings (SSSR count). The maximum absolute atomic E-state index is 12.4. The summed E-state index contributed by atoms with van der Waals surface area (Å²) in [5.41, 5.74) is 0.450. The number of halogens is 1. The molecule has 0 saturated heterocycles. The number of nitrogens with one attached hydrogen (secondary N) is 2. The van der Waals surface area contributed by atoms with Crippen LogP contribution in [-0.4, -0.2) is 27.6 Å². The lowest BCUT2D eigenvalue weighted by Gasteiger charge is -2.21. The predicted molar refractivity (Wildman–Crippen MR) is 89.4 cm³/mol. The van der Waals surface area contributed by atoms with Crippen molar-refractivity contribution in [1.29, 1.82) is 0 Å².